The van der Waals surface area contributed by atoms with Gasteiger partial charge in [0.1, 0.15) is 0 Å². The van der Waals surface area contributed by atoms with Gasteiger partial charge in [-0.25, -0.2) is 0 Å². The maximum atomic E-state index is 3.67. The molecule has 0 saturated carbocycles. The molecule has 0 bridgehead atoms. The standard InChI is InChI=1S/C13H19N/c1-13(2,3)14-12-9-8-10-6-4-5-7-11(10)12/h4-7,12,14H,8-9H2,1-3H3/t12-/m1/s1. The maximum absolute atomic E-state index is 3.67. The van der Waals surface area contributed by atoms with Gasteiger partial charge in [-0.3, -0.25) is 0 Å². The lowest BCUT2D eigenvalue weighted by atomic mass is 10.0. The summed E-state index contributed by atoms with van der Waals surface area (Å²) in [7, 11) is 0. The molecule has 0 spiro atoms. The molecule has 0 amide bonds. The van der Waals surface area contributed by atoms with Crippen LogP contribution in [0.15, 0.2) is 24.3 Å². The van der Waals surface area contributed by atoms with Gasteiger partial charge in [0.2, 0.25) is 0 Å². The Morgan fingerprint density at radius 3 is 2.64 bits per heavy atom. The molecule has 1 aromatic rings. The van der Waals surface area contributed by atoms with Crippen molar-refractivity contribution in [2.24, 2.45) is 0 Å². The Hall–Kier alpha value is -0.820. The van der Waals surface area contributed by atoms with E-state index in [2.05, 4.69) is 50.4 Å². The van der Waals surface area contributed by atoms with E-state index in [-0.39, 0.29) is 5.54 Å². The second kappa shape index (κ2) is 3.39. The number of aryl methyl sites for hydroxylation is 1. The average Bonchev–Trinajstić information content (AvgIpc) is 2.47. The van der Waals surface area contributed by atoms with E-state index in [0.717, 1.165) is 0 Å². The molecule has 0 aliphatic heterocycles. The SMILES string of the molecule is CC(C)(C)N[C@@H]1CCc2ccccc21. The van der Waals surface area contributed by atoms with Crippen LogP contribution in [0.5, 0.6) is 0 Å². The molecule has 1 nitrogen and oxygen atoms in total. The van der Waals surface area contributed by atoms with Crippen molar-refractivity contribution in [1.82, 2.24) is 5.32 Å². The number of hydrogen-bond acceptors (Lipinski definition) is 1. The molecule has 76 valence electrons. The van der Waals surface area contributed by atoms with Crippen molar-refractivity contribution in [3.8, 4) is 0 Å². The van der Waals surface area contributed by atoms with E-state index in [0.29, 0.717) is 6.04 Å². The molecule has 14 heavy (non-hydrogen) atoms. The molecule has 1 atom stereocenters. The monoisotopic (exact) mass is 189 g/mol. The van der Waals surface area contributed by atoms with Crippen molar-refractivity contribution < 1.29 is 0 Å². The molecular weight excluding hydrogens is 170 g/mol. The Kier molecular flexibility index (Phi) is 2.36. The van der Waals surface area contributed by atoms with E-state index in [1.165, 1.54) is 24.0 Å². The Bertz CT molecular complexity index is 322. The zero-order valence-electron chi connectivity index (χ0n) is 9.30. The van der Waals surface area contributed by atoms with Crippen LogP contribution in [0.1, 0.15) is 44.4 Å². The van der Waals surface area contributed by atoms with Crippen molar-refractivity contribution in [3.63, 3.8) is 0 Å². The summed E-state index contributed by atoms with van der Waals surface area (Å²) in [6.45, 7) is 6.69. The fourth-order valence-electron chi connectivity index (χ4n) is 2.23. The van der Waals surface area contributed by atoms with Crippen LogP contribution >= 0.6 is 0 Å². The Balaban J connectivity index is 2.18. The summed E-state index contributed by atoms with van der Waals surface area (Å²) >= 11 is 0. The van der Waals surface area contributed by atoms with E-state index < -0.39 is 0 Å². The van der Waals surface area contributed by atoms with Crippen molar-refractivity contribution >= 4 is 0 Å². The third-order valence-electron chi connectivity index (χ3n) is 2.74. The lowest BCUT2D eigenvalue weighted by molar-refractivity contribution is 0.362. The zero-order valence-corrected chi connectivity index (χ0v) is 9.30. The summed E-state index contributed by atoms with van der Waals surface area (Å²) < 4.78 is 0. The minimum absolute atomic E-state index is 0.210. The predicted octanol–water partition coefficient (Wildman–Crippen LogP) is 3.06. The van der Waals surface area contributed by atoms with Gasteiger partial charge in [-0.15, -0.1) is 0 Å². The molecule has 0 fully saturated rings. The Labute approximate surface area is 86.5 Å². The summed E-state index contributed by atoms with van der Waals surface area (Å²) in [5.74, 6) is 0. The highest BCUT2D eigenvalue weighted by Crippen LogP contribution is 2.31. The van der Waals surface area contributed by atoms with Crippen molar-refractivity contribution in [3.05, 3.63) is 35.4 Å². The van der Waals surface area contributed by atoms with Crippen LogP contribution in [0.3, 0.4) is 0 Å². The molecule has 0 saturated heterocycles. The van der Waals surface area contributed by atoms with E-state index in [1.807, 2.05) is 0 Å². The minimum atomic E-state index is 0.210. The zero-order chi connectivity index (χ0) is 10.2. The van der Waals surface area contributed by atoms with E-state index in [9.17, 15) is 0 Å². The number of fused-ring (bicyclic) bond motifs is 1. The van der Waals surface area contributed by atoms with Crippen molar-refractivity contribution in [1.29, 1.82) is 0 Å². The molecule has 1 N–H and O–H groups in total. The quantitative estimate of drug-likeness (QED) is 0.716. The predicted molar refractivity (Wildman–Crippen MR) is 60.4 cm³/mol. The summed E-state index contributed by atoms with van der Waals surface area (Å²) in [5.41, 5.74) is 3.24. The van der Waals surface area contributed by atoms with Crippen LogP contribution in [0.2, 0.25) is 0 Å². The fraction of sp³-hybridized carbons (Fsp3) is 0.538. The molecule has 1 aliphatic carbocycles. The third kappa shape index (κ3) is 1.98. The fourth-order valence-corrected chi connectivity index (χ4v) is 2.23. The summed E-state index contributed by atoms with van der Waals surface area (Å²) in [5, 5.41) is 3.67. The van der Waals surface area contributed by atoms with Crippen molar-refractivity contribution in [2.75, 3.05) is 0 Å². The third-order valence-corrected chi connectivity index (χ3v) is 2.74. The number of rotatable bonds is 1. The molecule has 1 aliphatic rings. The van der Waals surface area contributed by atoms with Gasteiger partial charge in [0.15, 0.2) is 0 Å². The normalized spacial score (nSPS) is 20.9. The second-order valence-electron chi connectivity index (χ2n) is 5.18. The van der Waals surface area contributed by atoms with Gasteiger partial charge in [0.05, 0.1) is 0 Å². The van der Waals surface area contributed by atoms with Crippen LogP contribution in [-0.4, -0.2) is 5.54 Å². The van der Waals surface area contributed by atoms with Crippen LogP contribution in [-0.2, 0) is 6.42 Å². The first kappa shape index (κ1) is 9.72. The van der Waals surface area contributed by atoms with Gasteiger partial charge in [-0.1, -0.05) is 24.3 Å². The molecule has 0 heterocycles. The number of nitrogens with one attached hydrogen (secondary N) is 1. The first-order chi connectivity index (χ1) is 6.56. The summed E-state index contributed by atoms with van der Waals surface area (Å²) in [4.78, 5) is 0. The van der Waals surface area contributed by atoms with Crippen LogP contribution in [0, 0.1) is 0 Å². The molecule has 1 heteroatoms. The van der Waals surface area contributed by atoms with E-state index in [1.54, 1.807) is 0 Å². The topological polar surface area (TPSA) is 12.0 Å². The second-order valence-corrected chi connectivity index (χ2v) is 5.18. The van der Waals surface area contributed by atoms with Gasteiger partial charge in [-0.05, 0) is 44.7 Å². The molecule has 0 aromatic heterocycles. The first-order valence-corrected chi connectivity index (χ1v) is 5.42. The summed E-state index contributed by atoms with van der Waals surface area (Å²) in [6.07, 6.45) is 2.47. The van der Waals surface area contributed by atoms with Crippen LogP contribution < -0.4 is 5.32 Å². The smallest absolute Gasteiger partial charge is 0.0330 e. The molecule has 0 unspecified atom stereocenters. The first-order valence-electron chi connectivity index (χ1n) is 5.42. The maximum Gasteiger partial charge on any atom is 0.0330 e. The largest absolute Gasteiger partial charge is 0.305 e. The van der Waals surface area contributed by atoms with Gasteiger partial charge in [-0.2, -0.15) is 0 Å². The Morgan fingerprint density at radius 2 is 1.93 bits per heavy atom. The van der Waals surface area contributed by atoms with Gasteiger partial charge in [0.25, 0.3) is 0 Å². The van der Waals surface area contributed by atoms with Crippen LogP contribution in [0.4, 0.5) is 0 Å². The molecule has 2 rings (SSSR count). The van der Waals surface area contributed by atoms with E-state index >= 15 is 0 Å². The Morgan fingerprint density at radius 1 is 1.21 bits per heavy atom. The van der Waals surface area contributed by atoms with Crippen molar-refractivity contribution in [2.45, 2.75) is 45.2 Å². The summed E-state index contributed by atoms with van der Waals surface area (Å²) in [6, 6.07) is 9.34. The lowest BCUT2D eigenvalue weighted by Crippen LogP contribution is -2.37. The van der Waals surface area contributed by atoms with Gasteiger partial charge in [0, 0.05) is 11.6 Å². The highest BCUT2D eigenvalue weighted by molar-refractivity contribution is 5.34. The molecule has 1 aromatic carbocycles. The highest BCUT2D eigenvalue weighted by Gasteiger charge is 2.25. The highest BCUT2D eigenvalue weighted by atomic mass is 15.0. The minimum Gasteiger partial charge on any atom is -0.305 e. The number of hydrogen-bond donors (Lipinski definition) is 1. The lowest BCUT2D eigenvalue weighted by Gasteiger charge is -2.26. The average molecular weight is 189 g/mol. The number of benzene rings is 1. The van der Waals surface area contributed by atoms with E-state index in [4.69, 9.17) is 0 Å². The van der Waals surface area contributed by atoms with Gasteiger partial charge < -0.3 is 5.32 Å². The molecule has 0 radical (unpaired) electrons. The van der Waals surface area contributed by atoms with Gasteiger partial charge >= 0.3 is 0 Å². The van der Waals surface area contributed by atoms with Crippen LogP contribution in [0.25, 0.3) is 0 Å². The molecular formula is C13H19N.